The summed E-state index contributed by atoms with van der Waals surface area (Å²) in [6.45, 7) is 2.25. The van der Waals surface area contributed by atoms with Crippen molar-refractivity contribution in [1.82, 2.24) is 9.38 Å². The van der Waals surface area contributed by atoms with E-state index in [1.807, 2.05) is 37.3 Å². The van der Waals surface area contributed by atoms with Gasteiger partial charge in [-0.15, -0.1) is 0 Å². The Morgan fingerprint density at radius 2 is 1.94 bits per heavy atom. The second kappa shape index (κ2) is 8.84. The Hall–Kier alpha value is -3.42. The molecule has 0 unspecified atom stereocenters. The second-order valence-electron chi connectivity index (χ2n) is 7.26. The van der Waals surface area contributed by atoms with E-state index in [0.29, 0.717) is 32.6 Å². The average Bonchev–Trinajstić information content (AvgIpc) is 3.31. The van der Waals surface area contributed by atoms with Gasteiger partial charge in [0.2, 0.25) is 0 Å². The number of ether oxygens (including phenoxy) is 2. The van der Waals surface area contributed by atoms with Crippen LogP contribution >= 0.6 is 22.9 Å². The van der Waals surface area contributed by atoms with Gasteiger partial charge in [-0.25, -0.2) is 13.8 Å². The van der Waals surface area contributed by atoms with Crippen molar-refractivity contribution in [2.45, 2.75) is 13.5 Å². The predicted molar refractivity (Wildman–Crippen MR) is 129 cm³/mol. The first-order chi connectivity index (χ1) is 16.0. The summed E-state index contributed by atoms with van der Waals surface area (Å²) in [7, 11) is 0. The first kappa shape index (κ1) is 21.4. The quantitative estimate of drug-likeness (QED) is 0.334. The standard InChI is InChI=1S/C25H18ClFN2O3S/c1-2-31-22-12-15(10-11-21(22)32-14-16-17(26)6-5-7-18(16)27)13-23-24(30)29-20-9-4-3-8-19(20)28-25(29)33-23/h3-13H,2,14H2,1H3/b23-13-. The Labute approximate surface area is 197 Å². The van der Waals surface area contributed by atoms with Crippen LogP contribution in [0.2, 0.25) is 5.02 Å². The van der Waals surface area contributed by atoms with Crippen molar-refractivity contribution < 1.29 is 13.9 Å². The highest BCUT2D eigenvalue weighted by Crippen LogP contribution is 2.31. The van der Waals surface area contributed by atoms with Crippen molar-refractivity contribution in [2.75, 3.05) is 6.61 Å². The van der Waals surface area contributed by atoms with Crippen molar-refractivity contribution in [3.05, 3.63) is 97.5 Å². The molecule has 0 aliphatic heterocycles. The third-order valence-electron chi connectivity index (χ3n) is 5.14. The molecule has 0 radical (unpaired) electrons. The van der Waals surface area contributed by atoms with Gasteiger partial charge in [0.25, 0.3) is 5.56 Å². The van der Waals surface area contributed by atoms with Crippen LogP contribution < -0.4 is 19.6 Å². The molecule has 5 rings (SSSR count). The van der Waals surface area contributed by atoms with Gasteiger partial charge in [-0.05, 0) is 55.0 Å². The minimum Gasteiger partial charge on any atom is -0.490 e. The Morgan fingerprint density at radius 1 is 1.09 bits per heavy atom. The number of thiazole rings is 1. The molecule has 2 heterocycles. The van der Waals surface area contributed by atoms with E-state index >= 15 is 0 Å². The fraction of sp³-hybridized carbons (Fsp3) is 0.120. The summed E-state index contributed by atoms with van der Waals surface area (Å²) in [4.78, 5) is 18.2. The van der Waals surface area contributed by atoms with Crippen LogP contribution in [0.15, 0.2) is 65.5 Å². The normalized spacial score (nSPS) is 12.0. The fourth-order valence-corrected chi connectivity index (χ4v) is 4.79. The van der Waals surface area contributed by atoms with Crippen LogP contribution in [0.3, 0.4) is 0 Å². The average molecular weight is 481 g/mol. The maximum Gasteiger partial charge on any atom is 0.274 e. The number of nitrogens with zero attached hydrogens (tertiary/aromatic N) is 2. The topological polar surface area (TPSA) is 52.8 Å². The number of rotatable bonds is 6. The Bertz CT molecular complexity index is 1570. The van der Waals surface area contributed by atoms with Gasteiger partial charge in [0.15, 0.2) is 16.5 Å². The smallest absolute Gasteiger partial charge is 0.274 e. The number of para-hydroxylation sites is 2. The van der Waals surface area contributed by atoms with Gasteiger partial charge in [-0.1, -0.05) is 47.2 Å². The molecule has 0 fully saturated rings. The molecular formula is C25H18ClFN2O3S. The van der Waals surface area contributed by atoms with E-state index in [4.69, 9.17) is 21.1 Å². The number of hydrogen-bond acceptors (Lipinski definition) is 5. The molecule has 0 spiro atoms. The molecule has 8 heteroatoms. The minimum atomic E-state index is -0.427. The number of imidazole rings is 1. The Kier molecular flexibility index (Phi) is 5.74. The number of hydrogen-bond donors (Lipinski definition) is 0. The summed E-state index contributed by atoms with van der Waals surface area (Å²) in [5.41, 5.74) is 2.53. The molecular weight excluding hydrogens is 463 g/mol. The van der Waals surface area contributed by atoms with Gasteiger partial charge < -0.3 is 9.47 Å². The van der Waals surface area contributed by atoms with E-state index in [-0.39, 0.29) is 17.7 Å². The van der Waals surface area contributed by atoms with Gasteiger partial charge in [0.1, 0.15) is 12.4 Å². The monoisotopic (exact) mass is 480 g/mol. The van der Waals surface area contributed by atoms with E-state index in [0.717, 1.165) is 16.6 Å². The third-order valence-corrected chi connectivity index (χ3v) is 6.47. The minimum absolute atomic E-state index is 0.0332. The highest BCUT2D eigenvalue weighted by atomic mass is 35.5. The van der Waals surface area contributed by atoms with Crippen molar-refractivity contribution in [3.63, 3.8) is 0 Å². The molecule has 0 aliphatic rings. The third kappa shape index (κ3) is 4.05. The van der Waals surface area contributed by atoms with Gasteiger partial charge >= 0.3 is 0 Å². The van der Waals surface area contributed by atoms with Crippen LogP contribution in [0.25, 0.3) is 22.1 Å². The number of halogens is 2. The Morgan fingerprint density at radius 3 is 2.76 bits per heavy atom. The highest BCUT2D eigenvalue weighted by Gasteiger charge is 2.13. The first-order valence-corrected chi connectivity index (χ1v) is 11.5. The second-order valence-corrected chi connectivity index (χ2v) is 8.68. The number of fused-ring (bicyclic) bond motifs is 3. The van der Waals surface area contributed by atoms with E-state index in [2.05, 4.69) is 4.98 Å². The van der Waals surface area contributed by atoms with Crippen LogP contribution in [-0.2, 0) is 6.61 Å². The maximum absolute atomic E-state index is 14.1. The van der Waals surface area contributed by atoms with E-state index in [9.17, 15) is 9.18 Å². The molecule has 2 aromatic heterocycles. The molecule has 3 aromatic carbocycles. The predicted octanol–water partition coefficient (Wildman–Crippen LogP) is 5.23. The highest BCUT2D eigenvalue weighted by molar-refractivity contribution is 7.15. The zero-order valence-electron chi connectivity index (χ0n) is 17.5. The van der Waals surface area contributed by atoms with E-state index in [1.165, 1.54) is 17.4 Å². The van der Waals surface area contributed by atoms with Crippen LogP contribution in [0.1, 0.15) is 18.1 Å². The van der Waals surface area contributed by atoms with Crippen LogP contribution in [0.4, 0.5) is 4.39 Å². The van der Waals surface area contributed by atoms with Crippen molar-refractivity contribution in [3.8, 4) is 11.5 Å². The SMILES string of the molecule is CCOc1cc(/C=c2\sc3nc4ccccc4n3c2=O)ccc1OCc1c(F)cccc1Cl. The van der Waals surface area contributed by atoms with Gasteiger partial charge in [0, 0.05) is 5.56 Å². The van der Waals surface area contributed by atoms with Crippen LogP contribution in [0, 0.1) is 5.82 Å². The molecule has 0 saturated heterocycles. The number of benzene rings is 3. The zero-order valence-corrected chi connectivity index (χ0v) is 19.1. The summed E-state index contributed by atoms with van der Waals surface area (Å²) in [6.07, 6.45) is 1.80. The molecule has 0 bridgehead atoms. The summed E-state index contributed by atoms with van der Waals surface area (Å²) in [6, 6.07) is 17.4. The lowest BCUT2D eigenvalue weighted by molar-refractivity contribution is 0.266. The largest absolute Gasteiger partial charge is 0.490 e. The van der Waals surface area contributed by atoms with E-state index in [1.54, 1.807) is 34.7 Å². The van der Waals surface area contributed by atoms with Crippen LogP contribution in [-0.4, -0.2) is 16.0 Å². The van der Waals surface area contributed by atoms with Gasteiger partial charge in [0.05, 0.1) is 27.2 Å². The summed E-state index contributed by atoms with van der Waals surface area (Å²) >= 11 is 7.43. The first-order valence-electron chi connectivity index (χ1n) is 10.3. The molecule has 5 aromatic rings. The summed E-state index contributed by atoms with van der Waals surface area (Å²) in [5.74, 6) is 0.532. The lowest BCUT2D eigenvalue weighted by atomic mass is 10.2. The molecule has 5 nitrogen and oxygen atoms in total. The molecule has 0 amide bonds. The van der Waals surface area contributed by atoms with Crippen molar-refractivity contribution in [1.29, 1.82) is 0 Å². The number of aromatic nitrogens is 2. The summed E-state index contributed by atoms with van der Waals surface area (Å²) < 4.78 is 27.8. The van der Waals surface area contributed by atoms with Crippen molar-refractivity contribution >= 4 is 45.0 Å². The van der Waals surface area contributed by atoms with Gasteiger partial charge in [-0.3, -0.25) is 4.79 Å². The molecule has 0 N–H and O–H groups in total. The zero-order chi connectivity index (χ0) is 22.9. The van der Waals surface area contributed by atoms with Crippen LogP contribution in [0.5, 0.6) is 11.5 Å². The molecule has 33 heavy (non-hydrogen) atoms. The maximum atomic E-state index is 14.1. The lowest BCUT2D eigenvalue weighted by Gasteiger charge is -2.13. The van der Waals surface area contributed by atoms with E-state index < -0.39 is 5.82 Å². The molecule has 166 valence electrons. The van der Waals surface area contributed by atoms with Crippen molar-refractivity contribution in [2.24, 2.45) is 0 Å². The molecule has 0 saturated carbocycles. The van der Waals surface area contributed by atoms with Gasteiger partial charge in [-0.2, -0.15) is 0 Å². The Balaban J connectivity index is 1.49. The fourth-order valence-electron chi connectivity index (χ4n) is 3.59. The lowest BCUT2D eigenvalue weighted by Crippen LogP contribution is -2.22. The summed E-state index contributed by atoms with van der Waals surface area (Å²) in [5, 5.41) is 0.302. The molecule has 0 atom stereocenters. The molecule has 0 aliphatic carbocycles.